The molecule has 4 nitrogen and oxygen atoms in total. The summed E-state index contributed by atoms with van der Waals surface area (Å²) in [6, 6.07) is 12.9. The minimum atomic E-state index is -0.392. The van der Waals surface area contributed by atoms with Crippen molar-refractivity contribution in [3.63, 3.8) is 0 Å². The van der Waals surface area contributed by atoms with E-state index in [0.29, 0.717) is 11.6 Å². The Labute approximate surface area is 160 Å². The molecular formula is C21H25ClN2O2. The Balaban J connectivity index is 2.27. The largest absolute Gasteiger partial charge is 0.349 e. The van der Waals surface area contributed by atoms with Gasteiger partial charge >= 0.3 is 0 Å². The lowest BCUT2D eigenvalue weighted by molar-refractivity contribution is -0.121. The van der Waals surface area contributed by atoms with Crippen LogP contribution < -0.4 is 10.2 Å². The molecule has 2 aromatic carbocycles. The lowest BCUT2D eigenvalue weighted by atomic mass is 10.0. The molecule has 0 radical (unpaired) electrons. The third-order valence-corrected chi connectivity index (χ3v) is 4.55. The number of aryl methyl sites for hydroxylation is 2. The summed E-state index contributed by atoms with van der Waals surface area (Å²) in [6.07, 6.45) is 0.183. The van der Waals surface area contributed by atoms with E-state index in [-0.39, 0.29) is 18.2 Å². The van der Waals surface area contributed by atoms with Gasteiger partial charge in [-0.15, -0.1) is 0 Å². The Morgan fingerprint density at radius 2 is 1.77 bits per heavy atom. The van der Waals surface area contributed by atoms with E-state index in [1.165, 1.54) is 6.92 Å². The van der Waals surface area contributed by atoms with E-state index in [9.17, 15) is 9.59 Å². The summed E-state index contributed by atoms with van der Waals surface area (Å²) >= 11 is 5.95. The van der Waals surface area contributed by atoms with Crippen LogP contribution in [0.3, 0.4) is 0 Å². The Morgan fingerprint density at radius 1 is 1.12 bits per heavy atom. The van der Waals surface area contributed by atoms with Crippen LogP contribution in [-0.4, -0.2) is 18.4 Å². The molecule has 0 spiro atoms. The molecule has 1 unspecified atom stereocenters. The number of carbonyl (C=O) groups excluding carboxylic acids is 2. The SMILES string of the molecule is CCN(C(=O)CC(NC(C)=O)c1ccc(Cl)cc1)c1cc(C)ccc1C. The fourth-order valence-electron chi connectivity index (χ4n) is 2.97. The highest BCUT2D eigenvalue weighted by Gasteiger charge is 2.22. The summed E-state index contributed by atoms with van der Waals surface area (Å²) in [6.45, 7) is 7.98. The van der Waals surface area contributed by atoms with Crippen LogP contribution in [0.5, 0.6) is 0 Å². The third-order valence-electron chi connectivity index (χ3n) is 4.30. The van der Waals surface area contributed by atoms with Crippen LogP contribution >= 0.6 is 11.6 Å². The van der Waals surface area contributed by atoms with Crippen molar-refractivity contribution >= 4 is 29.1 Å². The average molecular weight is 373 g/mol. The van der Waals surface area contributed by atoms with Gasteiger partial charge in [-0.1, -0.05) is 35.9 Å². The van der Waals surface area contributed by atoms with Gasteiger partial charge in [0.15, 0.2) is 0 Å². The first-order valence-corrected chi connectivity index (χ1v) is 9.09. The van der Waals surface area contributed by atoms with Crippen LogP contribution in [0.15, 0.2) is 42.5 Å². The number of nitrogens with zero attached hydrogens (tertiary/aromatic N) is 1. The normalized spacial score (nSPS) is 11.7. The fourth-order valence-corrected chi connectivity index (χ4v) is 3.09. The summed E-state index contributed by atoms with van der Waals surface area (Å²) in [5.74, 6) is -0.206. The van der Waals surface area contributed by atoms with Crippen molar-refractivity contribution in [3.8, 4) is 0 Å². The molecule has 0 aliphatic carbocycles. The zero-order valence-corrected chi connectivity index (χ0v) is 16.4. The molecule has 2 rings (SSSR count). The molecule has 1 N–H and O–H groups in total. The van der Waals surface area contributed by atoms with E-state index in [1.54, 1.807) is 17.0 Å². The number of carbonyl (C=O) groups is 2. The number of benzene rings is 2. The van der Waals surface area contributed by atoms with Crippen molar-refractivity contribution in [3.05, 3.63) is 64.2 Å². The van der Waals surface area contributed by atoms with E-state index in [4.69, 9.17) is 11.6 Å². The van der Waals surface area contributed by atoms with Crippen molar-refractivity contribution in [2.75, 3.05) is 11.4 Å². The average Bonchev–Trinajstić information content (AvgIpc) is 2.58. The lowest BCUT2D eigenvalue weighted by Gasteiger charge is -2.26. The standard InChI is InChI=1S/C21H25ClN2O2/c1-5-24(20-12-14(2)6-7-15(20)3)21(26)13-19(23-16(4)25)17-8-10-18(22)11-9-17/h6-12,19H,5,13H2,1-4H3,(H,23,25). The molecule has 26 heavy (non-hydrogen) atoms. The highest BCUT2D eigenvalue weighted by Crippen LogP contribution is 2.25. The number of nitrogens with one attached hydrogen (secondary N) is 1. The van der Waals surface area contributed by atoms with E-state index in [1.807, 2.05) is 51.1 Å². The molecule has 0 aromatic heterocycles. The first-order chi connectivity index (χ1) is 12.3. The highest BCUT2D eigenvalue weighted by atomic mass is 35.5. The van der Waals surface area contributed by atoms with Crippen LogP contribution in [0, 0.1) is 13.8 Å². The number of hydrogen-bond acceptors (Lipinski definition) is 2. The summed E-state index contributed by atoms with van der Waals surface area (Å²) in [4.78, 5) is 26.4. The monoisotopic (exact) mass is 372 g/mol. The third kappa shape index (κ3) is 5.09. The smallest absolute Gasteiger partial charge is 0.229 e. The molecule has 2 amide bonds. The molecule has 5 heteroatoms. The van der Waals surface area contributed by atoms with Crippen molar-refractivity contribution in [2.45, 2.75) is 40.2 Å². The van der Waals surface area contributed by atoms with Gasteiger partial charge in [0.1, 0.15) is 0 Å². The van der Waals surface area contributed by atoms with Gasteiger partial charge in [-0.3, -0.25) is 9.59 Å². The van der Waals surface area contributed by atoms with E-state index < -0.39 is 6.04 Å². The first-order valence-electron chi connectivity index (χ1n) is 8.72. The van der Waals surface area contributed by atoms with Crippen molar-refractivity contribution in [1.29, 1.82) is 0 Å². The zero-order chi connectivity index (χ0) is 19.3. The summed E-state index contributed by atoms with van der Waals surface area (Å²) < 4.78 is 0. The number of anilines is 1. The highest BCUT2D eigenvalue weighted by molar-refractivity contribution is 6.30. The summed E-state index contributed by atoms with van der Waals surface area (Å²) in [7, 11) is 0. The topological polar surface area (TPSA) is 49.4 Å². The van der Waals surface area contributed by atoms with Gasteiger partial charge in [0.05, 0.1) is 12.5 Å². The number of hydrogen-bond donors (Lipinski definition) is 1. The van der Waals surface area contributed by atoms with Crippen LogP contribution in [0.1, 0.15) is 43.0 Å². The second kappa shape index (κ2) is 8.86. The second-order valence-corrected chi connectivity index (χ2v) is 6.87. The maximum Gasteiger partial charge on any atom is 0.229 e. The van der Waals surface area contributed by atoms with Crippen LogP contribution in [-0.2, 0) is 9.59 Å². The minimum Gasteiger partial charge on any atom is -0.349 e. The lowest BCUT2D eigenvalue weighted by Crippen LogP contribution is -2.36. The zero-order valence-electron chi connectivity index (χ0n) is 15.7. The fraction of sp³-hybridized carbons (Fsp3) is 0.333. The van der Waals surface area contributed by atoms with Gasteiger partial charge in [-0.25, -0.2) is 0 Å². The predicted octanol–water partition coefficient (Wildman–Crippen LogP) is 4.58. The molecule has 0 saturated heterocycles. The van der Waals surface area contributed by atoms with E-state index in [2.05, 4.69) is 5.32 Å². The second-order valence-electron chi connectivity index (χ2n) is 6.44. The molecule has 0 aliphatic rings. The molecule has 1 atom stereocenters. The Bertz CT molecular complexity index is 787. The van der Waals surface area contributed by atoms with Crippen molar-refractivity contribution in [2.24, 2.45) is 0 Å². The Kier molecular flexibility index (Phi) is 6.81. The maximum atomic E-state index is 13.0. The Hall–Kier alpha value is -2.33. The number of halogens is 1. The minimum absolute atomic E-state index is 0.0325. The first kappa shape index (κ1) is 20.0. The molecule has 138 valence electrons. The predicted molar refractivity (Wildman–Crippen MR) is 107 cm³/mol. The van der Waals surface area contributed by atoms with Crippen molar-refractivity contribution < 1.29 is 9.59 Å². The molecule has 0 saturated carbocycles. The van der Waals surface area contributed by atoms with Crippen LogP contribution in [0.25, 0.3) is 0 Å². The molecule has 0 fully saturated rings. The molecule has 0 aliphatic heterocycles. The quantitative estimate of drug-likeness (QED) is 0.806. The molecular weight excluding hydrogens is 348 g/mol. The number of amides is 2. The summed E-state index contributed by atoms with van der Waals surface area (Å²) in [5, 5.41) is 3.49. The van der Waals surface area contributed by atoms with Gasteiger partial charge in [-0.05, 0) is 55.7 Å². The maximum absolute atomic E-state index is 13.0. The van der Waals surface area contributed by atoms with E-state index >= 15 is 0 Å². The molecule has 2 aromatic rings. The molecule has 0 heterocycles. The number of rotatable bonds is 6. The van der Waals surface area contributed by atoms with E-state index in [0.717, 1.165) is 22.4 Å². The summed E-state index contributed by atoms with van der Waals surface area (Å²) in [5.41, 5.74) is 3.92. The Morgan fingerprint density at radius 3 is 2.35 bits per heavy atom. The van der Waals surface area contributed by atoms with Crippen LogP contribution in [0.4, 0.5) is 5.69 Å². The van der Waals surface area contributed by atoms with Gasteiger partial charge in [0.25, 0.3) is 0 Å². The molecule has 0 bridgehead atoms. The van der Waals surface area contributed by atoms with Crippen LogP contribution in [0.2, 0.25) is 5.02 Å². The van der Waals surface area contributed by atoms with Gasteiger partial charge in [0.2, 0.25) is 11.8 Å². The van der Waals surface area contributed by atoms with Crippen molar-refractivity contribution in [1.82, 2.24) is 5.32 Å². The van der Waals surface area contributed by atoms with Gasteiger partial charge in [0, 0.05) is 24.2 Å². The van der Waals surface area contributed by atoms with Gasteiger partial charge < -0.3 is 10.2 Å². The van der Waals surface area contributed by atoms with Gasteiger partial charge in [-0.2, -0.15) is 0 Å².